The van der Waals surface area contributed by atoms with Gasteiger partial charge in [-0.05, 0) is 30.3 Å². The van der Waals surface area contributed by atoms with Crippen molar-refractivity contribution >= 4 is 27.5 Å². The third-order valence-electron chi connectivity index (χ3n) is 2.74. The van der Waals surface area contributed by atoms with E-state index in [1.807, 2.05) is 12.1 Å². The van der Waals surface area contributed by atoms with Gasteiger partial charge in [0.2, 0.25) is 0 Å². The molecule has 0 aliphatic heterocycles. The largest absolute Gasteiger partial charge is 0.497 e. The fourth-order valence-electron chi connectivity index (χ4n) is 1.73. The second-order valence-corrected chi connectivity index (χ2v) is 4.95. The van der Waals surface area contributed by atoms with E-state index >= 15 is 0 Å². The number of anilines is 1. The van der Waals surface area contributed by atoms with E-state index < -0.39 is 0 Å². The van der Waals surface area contributed by atoms with Crippen LogP contribution in [0.2, 0.25) is 0 Å². The minimum absolute atomic E-state index is 0.199. The number of hydrogen-bond donors (Lipinski definition) is 1. The van der Waals surface area contributed by atoms with Crippen LogP contribution in [-0.2, 0) is 0 Å². The van der Waals surface area contributed by atoms with Crippen molar-refractivity contribution in [2.45, 2.75) is 0 Å². The van der Waals surface area contributed by atoms with E-state index in [1.54, 1.807) is 44.6 Å². The zero-order valence-corrected chi connectivity index (χ0v) is 12.7. The Balaban J connectivity index is 2.23. The maximum atomic E-state index is 12.2. The smallest absolute Gasteiger partial charge is 0.255 e. The van der Waals surface area contributed by atoms with Crippen LogP contribution >= 0.6 is 15.9 Å². The summed E-state index contributed by atoms with van der Waals surface area (Å²) in [6.07, 6.45) is 0. The molecular weight excluding hydrogens is 322 g/mol. The Morgan fingerprint density at radius 1 is 1.10 bits per heavy atom. The number of carbonyl (C=O) groups excluding carboxylic acids is 1. The van der Waals surface area contributed by atoms with E-state index in [0.717, 1.165) is 4.47 Å². The second kappa shape index (κ2) is 6.43. The molecule has 1 amide bonds. The molecule has 5 heteroatoms. The topological polar surface area (TPSA) is 47.6 Å². The number of nitrogens with one attached hydrogen (secondary N) is 1. The number of amides is 1. The zero-order valence-electron chi connectivity index (χ0n) is 11.1. The molecule has 0 aliphatic carbocycles. The number of ether oxygens (including phenoxy) is 2. The van der Waals surface area contributed by atoms with Gasteiger partial charge in [0.05, 0.1) is 19.9 Å². The maximum Gasteiger partial charge on any atom is 0.255 e. The molecule has 0 atom stereocenters. The highest BCUT2D eigenvalue weighted by Gasteiger charge is 2.10. The lowest BCUT2D eigenvalue weighted by Gasteiger charge is -2.11. The van der Waals surface area contributed by atoms with Crippen molar-refractivity contribution in [1.29, 1.82) is 0 Å². The predicted octanol–water partition coefficient (Wildman–Crippen LogP) is 3.72. The minimum atomic E-state index is -0.199. The molecule has 2 aromatic carbocycles. The third kappa shape index (κ3) is 3.30. The molecule has 0 saturated heterocycles. The molecule has 0 bridgehead atoms. The van der Waals surface area contributed by atoms with Gasteiger partial charge in [0.1, 0.15) is 11.5 Å². The van der Waals surface area contributed by atoms with Crippen LogP contribution in [0.5, 0.6) is 11.5 Å². The third-order valence-corrected chi connectivity index (χ3v) is 3.24. The molecule has 0 spiro atoms. The lowest BCUT2D eigenvalue weighted by Crippen LogP contribution is -2.12. The summed E-state index contributed by atoms with van der Waals surface area (Å²) in [7, 11) is 3.12. The van der Waals surface area contributed by atoms with Gasteiger partial charge >= 0.3 is 0 Å². The number of rotatable bonds is 4. The Morgan fingerprint density at radius 2 is 1.90 bits per heavy atom. The lowest BCUT2D eigenvalue weighted by atomic mass is 10.2. The predicted molar refractivity (Wildman–Crippen MR) is 81.6 cm³/mol. The van der Waals surface area contributed by atoms with Gasteiger partial charge in [-0.2, -0.15) is 0 Å². The number of hydrogen-bond acceptors (Lipinski definition) is 3. The van der Waals surface area contributed by atoms with Gasteiger partial charge in [0, 0.05) is 16.1 Å². The monoisotopic (exact) mass is 335 g/mol. The molecule has 104 valence electrons. The summed E-state index contributed by atoms with van der Waals surface area (Å²) >= 11 is 3.34. The zero-order chi connectivity index (χ0) is 14.5. The fraction of sp³-hybridized carbons (Fsp3) is 0.133. The van der Waals surface area contributed by atoms with Gasteiger partial charge < -0.3 is 14.8 Å². The number of methoxy groups -OCH3 is 2. The van der Waals surface area contributed by atoms with Crippen molar-refractivity contribution in [3.63, 3.8) is 0 Å². The van der Waals surface area contributed by atoms with Crippen molar-refractivity contribution in [3.8, 4) is 11.5 Å². The maximum absolute atomic E-state index is 12.2. The van der Waals surface area contributed by atoms with Crippen molar-refractivity contribution in [2.24, 2.45) is 0 Å². The number of carbonyl (C=O) groups is 1. The normalized spacial score (nSPS) is 9.95. The molecular formula is C15H14BrNO3. The van der Waals surface area contributed by atoms with Gasteiger partial charge in [-0.1, -0.05) is 22.0 Å². The minimum Gasteiger partial charge on any atom is -0.497 e. The van der Waals surface area contributed by atoms with Gasteiger partial charge in [0.25, 0.3) is 5.91 Å². The molecule has 0 unspecified atom stereocenters. The summed E-state index contributed by atoms with van der Waals surface area (Å²) in [5.74, 6) is 1.02. The Morgan fingerprint density at radius 3 is 2.55 bits per heavy atom. The Hall–Kier alpha value is -2.01. The summed E-state index contributed by atoms with van der Waals surface area (Å²) in [5, 5.41) is 2.82. The standard InChI is InChI=1S/C15H14BrNO3/c1-19-12-6-7-13(14(9-12)20-2)17-15(18)10-4-3-5-11(16)8-10/h3-9H,1-2H3,(H,17,18). The Labute approximate surface area is 125 Å². The highest BCUT2D eigenvalue weighted by atomic mass is 79.9. The van der Waals surface area contributed by atoms with E-state index in [1.165, 1.54) is 0 Å². The highest BCUT2D eigenvalue weighted by molar-refractivity contribution is 9.10. The van der Waals surface area contributed by atoms with Crippen molar-refractivity contribution in [3.05, 3.63) is 52.5 Å². The summed E-state index contributed by atoms with van der Waals surface area (Å²) < 4.78 is 11.2. The van der Waals surface area contributed by atoms with E-state index in [9.17, 15) is 4.79 Å². The SMILES string of the molecule is COc1ccc(NC(=O)c2cccc(Br)c2)c(OC)c1. The molecule has 4 nitrogen and oxygen atoms in total. The van der Waals surface area contributed by atoms with Gasteiger partial charge in [-0.3, -0.25) is 4.79 Å². The lowest BCUT2D eigenvalue weighted by molar-refractivity contribution is 0.102. The van der Waals surface area contributed by atoms with Gasteiger partial charge in [0.15, 0.2) is 0 Å². The molecule has 0 aromatic heterocycles. The van der Waals surface area contributed by atoms with Crippen LogP contribution in [0.25, 0.3) is 0 Å². The number of benzene rings is 2. The number of halogens is 1. The molecule has 0 saturated carbocycles. The Kier molecular flexibility index (Phi) is 4.63. The van der Waals surface area contributed by atoms with E-state index in [2.05, 4.69) is 21.2 Å². The first-order valence-electron chi connectivity index (χ1n) is 5.93. The molecule has 20 heavy (non-hydrogen) atoms. The molecule has 0 aliphatic rings. The van der Waals surface area contributed by atoms with Gasteiger partial charge in [-0.15, -0.1) is 0 Å². The molecule has 0 radical (unpaired) electrons. The van der Waals surface area contributed by atoms with Crippen LogP contribution in [0.4, 0.5) is 5.69 Å². The first-order chi connectivity index (χ1) is 9.63. The molecule has 2 rings (SSSR count). The van der Waals surface area contributed by atoms with Crippen molar-refractivity contribution < 1.29 is 14.3 Å². The first-order valence-corrected chi connectivity index (χ1v) is 6.72. The fourth-order valence-corrected chi connectivity index (χ4v) is 2.13. The first kappa shape index (κ1) is 14.4. The molecule has 1 N–H and O–H groups in total. The van der Waals surface area contributed by atoms with E-state index in [4.69, 9.17) is 9.47 Å². The summed E-state index contributed by atoms with van der Waals surface area (Å²) in [6, 6.07) is 12.4. The molecule has 0 heterocycles. The van der Waals surface area contributed by atoms with Crippen LogP contribution in [0, 0.1) is 0 Å². The van der Waals surface area contributed by atoms with E-state index in [0.29, 0.717) is 22.7 Å². The average molecular weight is 336 g/mol. The summed E-state index contributed by atoms with van der Waals surface area (Å²) in [4.78, 5) is 12.2. The average Bonchev–Trinajstić information content (AvgIpc) is 2.47. The second-order valence-electron chi connectivity index (χ2n) is 4.03. The van der Waals surface area contributed by atoms with Crippen LogP contribution in [0.15, 0.2) is 46.9 Å². The van der Waals surface area contributed by atoms with Crippen LogP contribution in [0.1, 0.15) is 10.4 Å². The molecule has 2 aromatic rings. The quantitative estimate of drug-likeness (QED) is 0.926. The van der Waals surface area contributed by atoms with Gasteiger partial charge in [-0.25, -0.2) is 0 Å². The van der Waals surface area contributed by atoms with Crippen LogP contribution in [0.3, 0.4) is 0 Å². The summed E-state index contributed by atoms with van der Waals surface area (Å²) in [5.41, 5.74) is 1.16. The van der Waals surface area contributed by atoms with Crippen LogP contribution < -0.4 is 14.8 Å². The van der Waals surface area contributed by atoms with Crippen LogP contribution in [-0.4, -0.2) is 20.1 Å². The Bertz CT molecular complexity index is 628. The highest BCUT2D eigenvalue weighted by Crippen LogP contribution is 2.29. The van der Waals surface area contributed by atoms with E-state index in [-0.39, 0.29) is 5.91 Å². The van der Waals surface area contributed by atoms with Crippen molar-refractivity contribution in [1.82, 2.24) is 0 Å². The molecule has 0 fully saturated rings. The van der Waals surface area contributed by atoms with Crippen molar-refractivity contribution in [2.75, 3.05) is 19.5 Å². The summed E-state index contributed by atoms with van der Waals surface area (Å²) in [6.45, 7) is 0.